The van der Waals surface area contributed by atoms with Gasteiger partial charge >= 0.3 is 0 Å². The Morgan fingerprint density at radius 2 is 2.38 bits per heavy atom. The number of hydrogen-bond donors (Lipinski definition) is 2. The number of aromatic nitrogens is 2. The lowest BCUT2D eigenvalue weighted by Crippen LogP contribution is -2.31. The molecule has 86 valence electrons. The van der Waals surface area contributed by atoms with Gasteiger partial charge in [-0.1, -0.05) is 0 Å². The first kappa shape index (κ1) is 9.84. The summed E-state index contributed by atoms with van der Waals surface area (Å²) in [7, 11) is 0. The van der Waals surface area contributed by atoms with Gasteiger partial charge in [0.15, 0.2) is 0 Å². The topological polar surface area (TPSA) is 73.1 Å². The lowest BCUT2D eigenvalue weighted by Gasteiger charge is -2.21. The first-order valence-electron chi connectivity index (χ1n) is 5.73. The number of nitrogens with one attached hydrogen (secondary N) is 1. The van der Waals surface area contributed by atoms with Crippen LogP contribution in [0.4, 0.5) is 11.8 Å². The lowest BCUT2D eigenvalue weighted by molar-refractivity contribution is 0.102. The standard InChI is InChI=1S/C11H16N4O/c1-6-5-13-11(12)15-10(6)14-8-4-7-2-3-9(8)16-7/h5,7-9H,2-4H2,1H3,(H3,12,13,14,15). The molecule has 2 saturated heterocycles. The third-order valence-corrected chi connectivity index (χ3v) is 3.42. The summed E-state index contributed by atoms with van der Waals surface area (Å²) in [5.41, 5.74) is 6.61. The molecule has 0 radical (unpaired) electrons. The van der Waals surface area contributed by atoms with Crippen LogP contribution >= 0.6 is 0 Å². The monoisotopic (exact) mass is 220 g/mol. The largest absolute Gasteiger partial charge is 0.373 e. The van der Waals surface area contributed by atoms with E-state index in [4.69, 9.17) is 10.5 Å². The van der Waals surface area contributed by atoms with Crippen LogP contribution < -0.4 is 11.1 Å². The van der Waals surface area contributed by atoms with Crippen molar-refractivity contribution >= 4 is 11.8 Å². The third kappa shape index (κ3) is 1.61. The fourth-order valence-corrected chi connectivity index (χ4v) is 2.57. The summed E-state index contributed by atoms with van der Waals surface area (Å²) in [6.45, 7) is 1.98. The molecule has 5 nitrogen and oxygen atoms in total. The summed E-state index contributed by atoms with van der Waals surface area (Å²) in [6.07, 6.45) is 5.98. The fraction of sp³-hybridized carbons (Fsp3) is 0.636. The number of ether oxygens (including phenoxy) is 1. The molecular weight excluding hydrogens is 204 g/mol. The normalized spacial score (nSPS) is 31.9. The zero-order valence-corrected chi connectivity index (χ0v) is 9.31. The van der Waals surface area contributed by atoms with Crippen LogP contribution in [-0.2, 0) is 4.74 Å². The minimum absolute atomic E-state index is 0.317. The molecule has 3 unspecified atom stereocenters. The highest BCUT2D eigenvalue weighted by molar-refractivity contribution is 5.46. The Balaban J connectivity index is 1.76. The van der Waals surface area contributed by atoms with Crippen LogP contribution in [-0.4, -0.2) is 28.2 Å². The Hall–Kier alpha value is -1.36. The van der Waals surface area contributed by atoms with E-state index < -0.39 is 0 Å². The van der Waals surface area contributed by atoms with Crippen LogP contribution in [0.15, 0.2) is 6.20 Å². The third-order valence-electron chi connectivity index (χ3n) is 3.42. The molecule has 0 spiro atoms. The van der Waals surface area contributed by atoms with Crippen LogP contribution in [0.5, 0.6) is 0 Å². The van der Waals surface area contributed by atoms with E-state index in [1.807, 2.05) is 6.92 Å². The number of aryl methyl sites for hydroxylation is 1. The highest BCUT2D eigenvalue weighted by Crippen LogP contribution is 2.36. The number of hydrogen-bond acceptors (Lipinski definition) is 5. The summed E-state index contributed by atoms with van der Waals surface area (Å²) in [5, 5.41) is 3.43. The van der Waals surface area contributed by atoms with Gasteiger partial charge in [0.05, 0.1) is 18.2 Å². The summed E-state index contributed by atoms with van der Waals surface area (Å²) in [4.78, 5) is 8.18. The molecule has 2 aliphatic heterocycles. The number of fused-ring (bicyclic) bond motifs is 2. The second-order valence-electron chi connectivity index (χ2n) is 4.62. The molecule has 1 aromatic rings. The maximum atomic E-state index is 5.79. The molecule has 2 fully saturated rings. The van der Waals surface area contributed by atoms with Crippen molar-refractivity contribution in [1.29, 1.82) is 0 Å². The van der Waals surface area contributed by atoms with Crippen molar-refractivity contribution in [3.8, 4) is 0 Å². The maximum absolute atomic E-state index is 5.79. The van der Waals surface area contributed by atoms with Crippen molar-refractivity contribution in [3.63, 3.8) is 0 Å². The lowest BCUT2D eigenvalue weighted by atomic mass is 9.95. The molecule has 0 aromatic carbocycles. The minimum Gasteiger partial charge on any atom is -0.373 e. The number of nitrogens with two attached hydrogens (primary N) is 1. The van der Waals surface area contributed by atoms with Crippen molar-refractivity contribution < 1.29 is 4.74 Å². The van der Waals surface area contributed by atoms with Gasteiger partial charge in [-0.15, -0.1) is 0 Å². The quantitative estimate of drug-likeness (QED) is 0.780. The van der Waals surface area contributed by atoms with Gasteiger partial charge in [0.25, 0.3) is 0 Å². The van der Waals surface area contributed by atoms with Gasteiger partial charge in [0.2, 0.25) is 5.95 Å². The molecule has 2 bridgehead atoms. The Morgan fingerprint density at radius 3 is 3.06 bits per heavy atom. The van der Waals surface area contributed by atoms with Crippen molar-refractivity contribution in [1.82, 2.24) is 9.97 Å². The minimum atomic E-state index is 0.317. The first-order valence-corrected chi connectivity index (χ1v) is 5.73. The first-order chi connectivity index (χ1) is 7.72. The molecule has 0 amide bonds. The van der Waals surface area contributed by atoms with E-state index in [2.05, 4.69) is 15.3 Å². The van der Waals surface area contributed by atoms with Crippen LogP contribution in [0.2, 0.25) is 0 Å². The Bertz CT molecular complexity index is 409. The van der Waals surface area contributed by atoms with Gasteiger partial charge in [-0.2, -0.15) is 4.98 Å². The molecule has 3 atom stereocenters. The molecule has 0 saturated carbocycles. The molecule has 3 heterocycles. The molecule has 3 N–H and O–H groups in total. The second kappa shape index (κ2) is 3.59. The summed E-state index contributed by atoms with van der Waals surface area (Å²) >= 11 is 0. The molecule has 16 heavy (non-hydrogen) atoms. The number of anilines is 2. The SMILES string of the molecule is Cc1cnc(N)nc1NC1CC2CCC1O2. The number of rotatable bonds is 2. The summed E-state index contributed by atoms with van der Waals surface area (Å²) in [5.74, 6) is 1.16. The molecule has 2 aliphatic rings. The summed E-state index contributed by atoms with van der Waals surface area (Å²) in [6, 6.07) is 0.381. The zero-order chi connectivity index (χ0) is 11.1. The van der Waals surface area contributed by atoms with Gasteiger partial charge in [-0.05, 0) is 26.2 Å². The highest BCUT2D eigenvalue weighted by Gasteiger charge is 2.40. The second-order valence-corrected chi connectivity index (χ2v) is 4.62. The van der Waals surface area contributed by atoms with Crippen molar-refractivity contribution in [2.24, 2.45) is 0 Å². The van der Waals surface area contributed by atoms with E-state index >= 15 is 0 Å². The number of nitrogen functional groups attached to an aromatic ring is 1. The van der Waals surface area contributed by atoms with E-state index in [-0.39, 0.29) is 0 Å². The van der Waals surface area contributed by atoms with E-state index in [0.29, 0.717) is 24.2 Å². The van der Waals surface area contributed by atoms with Crippen molar-refractivity contribution in [3.05, 3.63) is 11.8 Å². The Morgan fingerprint density at radius 1 is 1.50 bits per heavy atom. The van der Waals surface area contributed by atoms with Gasteiger partial charge in [0, 0.05) is 11.8 Å². The van der Waals surface area contributed by atoms with Crippen LogP contribution in [0, 0.1) is 6.92 Å². The Labute approximate surface area is 94.4 Å². The smallest absolute Gasteiger partial charge is 0.221 e. The highest BCUT2D eigenvalue weighted by atomic mass is 16.5. The fourth-order valence-electron chi connectivity index (χ4n) is 2.57. The Kier molecular flexibility index (Phi) is 2.21. The van der Waals surface area contributed by atoms with Gasteiger partial charge in [0.1, 0.15) is 5.82 Å². The average molecular weight is 220 g/mol. The zero-order valence-electron chi connectivity index (χ0n) is 9.31. The average Bonchev–Trinajstić information content (AvgIpc) is 2.85. The maximum Gasteiger partial charge on any atom is 0.221 e. The predicted molar refractivity (Wildman–Crippen MR) is 61.1 cm³/mol. The van der Waals surface area contributed by atoms with E-state index in [9.17, 15) is 0 Å². The van der Waals surface area contributed by atoms with Gasteiger partial charge < -0.3 is 15.8 Å². The predicted octanol–water partition coefficient (Wildman–Crippen LogP) is 1.10. The van der Waals surface area contributed by atoms with Crippen molar-refractivity contribution in [2.75, 3.05) is 11.1 Å². The molecular formula is C11H16N4O. The van der Waals surface area contributed by atoms with E-state index in [1.165, 1.54) is 6.42 Å². The molecule has 1 aromatic heterocycles. The van der Waals surface area contributed by atoms with Crippen LogP contribution in [0.1, 0.15) is 24.8 Å². The van der Waals surface area contributed by atoms with Crippen LogP contribution in [0.25, 0.3) is 0 Å². The molecule has 0 aliphatic carbocycles. The number of nitrogens with zero attached hydrogens (tertiary/aromatic N) is 2. The van der Waals surface area contributed by atoms with E-state index in [1.54, 1.807) is 6.20 Å². The van der Waals surface area contributed by atoms with Crippen molar-refractivity contribution in [2.45, 2.75) is 44.4 Å². The van der Waals surface area contributed by atoms with E-state index in [0.717, 1.165) is 24.2 Å². The molecule has 3 rings (SSSR count). The van der Waals surface area contributed by atoms with Gasteiger partial charge in [-0.25, -0.2) is 4.98 Å². The van der Waals surface area contributed by atoms with Gasteiger partial charge in [-0.3, -0.25) is 0 Å². The van der Waals surface area contributed by atoms with Crippen LogP contribution in [0.3, 0.4) is 0 Å². The summed E-state index contributed by atoms with van der Waals surface area (Å²) < 4.78 is 5.79. The molecule has 5 heteroatoms.